The van der Waals surface area contributed by atoms with E-state index in [4.69, 9.17) is 9.47 Å². The summed E-state index contributed by atoms with van der Waals surface area (Å²) in [7, 11) is 2.96. The normalized spacial score (nSPS) is 15.8. The quantitative estimate of drug-likeness (QED) is 0.450. The van der Waals surface area contributed by atoms with E-state index in [1.54, 1.807) is 48.7 Å². The summed E-state index contributed by atoms with van der Waals surface area (Å²) in [6.07, 6.45) is 0.838. The average molecular weight is 495 g/mol. The van der Waals surface area contributed by atoms with Crippen LogP contribution in [0.5, 0.6) is 11.5 Å². The third-order valence-electron chi connectivity index (χ3n) is 6.70. The van der Waals surface area contributed by atoms with Crippen LogP contribution >= 0.6 is 0 Å². The lowest BCUT2D eigenvalue weighted by Gasteiger charge is -2.40. The van der Waals surface area contributed by atoms with Gasteiger partial charge in [0.25, 0.3) is 11.8 Å². The lowest BCUT2D eigenvalue weighted by molar-refractivity contribution is -0.117. The molecule has 1 aromatic heterocycles. The van der Waals surface area contributed by atoms with E-state index in [9.17, 15) is 14.4 Å². The number of rotatable bonds is 5. The SMILES string of the molecule is COc1ccc2c(c1OC)C(=O)N1c3ccccc3C(=O)N(CC(=O)Nc3cccc4cccnc34)[C@@H]21. The Morgan fingerprint density at radius 2 is 1.76 bits per heavy atom. The number of anilines is 2. The maximum atomic E-state index is 13.8. The van der Waals surface area contributed by atoms with Crippen LogP contribution in [0.2, 0.25) is 0 Å². The fraction of sp³-hybridized carbons (Fsp3) is 0.143. The number of benzene rings is 3. The van der Waals surface area contributed by atoms with Gasteiger partial charge in [0.05, 0.1) is 42.2 Å². The number of hydrogen-bond acceptors (Lipinski definition) is 6. The van der Waals surface area contributed by atoms with Gasteiger partial charge >= 0.3 is 0 Å². The van der Waals surface area contributed by atoms with Crippen molar-refractivity contribution in [3.05, 3.63) is 89.6 Å². The topological polar surface area (TPSA) is 101 Å². The maximum Gasteiger partial charge on any atom is 0.264 e. The number of fused-ring (bicyclic) bond motifs is 6. The second kappa shape index (κ2) is 8.63. The molecule has 0 fully saturated rings. The third kappa shape index (κ3) is 3.39. The molecule has 2 aliphatic rings. The number of pyridine rings is 1. The number of nitrogens with one attached hydrogen (secondary N) is 1. The lowest BCUT2D eigenvalue weighted by atomic mass is 10.0. The van der Waals surface area contributed by atoms with Crippen LogP contribution in [0.15, 0.2) is 72.9 Å². The van der Waals surface area contributed by atoms with E-state index < -0.39 is 12.1 Å². The van der Waals surface area contributed by atoms with Gasteiger partial charge in [-0.1, -0.05) is 36.4 Å². The number of aromatic nitrogens is 1. The van der Waals surface area contributed by atoms with Gasteiger partial charge in [-0.3, -0.25) is 24.3 Å². The number of hydrogen-bond donors (Lipinski definition) is 1. The van der Waals surface area contributed by atoms with Gasteiger partial charge in [-0.05, 0) is 30.3 Å². The molecular weight excluding hydrogens is 472 g/mol. The highest BCUT2D eigenvalue weighted by Gasteiger charge is 2.50. The summed E-state index contributed by atoms with van der Waals surface area (Å²) in [5.74, 6) is -0.401. The molecule has 2 aliphatic heterocycles. The number of carbonyl (C=O) groups is 3. The van der Waals surface area contributed by atoms with E-state index in [0.717, 1.165) is 5.39 Å². The molecule has 184 valence electrons. The first-order valence-electron chi connectivity index (χ1n) is 11.7. The van der Waals surface area contributed by atoms with Gasteiger partial charge in [0.2, 0.25) is 5.91 Å². The fourth-order valence-electron chi connectivity index (χ4n) is 5.14. The fourth-order valence-corrected chi connectivity index (χ4v) is 5.14. The summed E-state index contributed by atoms with van der Waals surface area (Å²) in [6.45, 7) is -0.279. The second-order valence-electron chi connectivity index (χ2n) is 8.69. The predicted octanol–water partition coefficient (Wildman–Crippen LogP) is 4.01. The molecule has 0 unspecified atom stereocenters. The molecule has 37 heavy (non-hydrogen) atoms. The van der Waals surface area contributed by atoms with E-state index in [1.807, 2.05) is 24.3 Å². The molecule has 0 saturated heterocycles. The van der Waals surface area contributed by atoms with Gasteiger partial charge in [0.15, 0.2) is 11.5 Å². The first kappa shape index (κ1) is 22.5. The van der Waals surface area contributed by atoms with E-state index in [0.29, 0.717) is 39.3 Å². The van der Waals surface area contributed by atoms with Gasteiger partial charge < -0.3 is 19.7 Å². The van der Waals surface area contributed by atoms with Crippen LogP contribution in [0.3, 0.4) is 0 Å². The van der Waals surface area contributed by atoms with Crippen LogP contribution in [-0.2, 0) is 4.79 Å². The van der Waals surface area contributed by atoms with Gasteiger partial charge in [-0.15, -0.1) is 0 Å². The van der Waals surface area contributed by atoms with Crippen LogP contribution in [0, 0.1) is 0 Å². The van der Waals surface area contributed by atoms with E-state index in [1.165, 1.54) is 24.0 Å². The van der Waals surface area contributed by atoms with Crippen LogP contribution in [0.4, 0.5) is 11.4 Å². The zero-order valence-electron chi connectivity index (χ0n) is 20.1. The molecule has 0 saturated carbocycles. The lowest BCUT2D eigenvalue weighted by Crippen LogP contribution is -2.50. The Balaban J connectivity index is 1.42. The molecule has 6 rings (SSSR count). The summed E-state index contributed by atoms with van der Waals surface area (Å²) in [5.41, 5.74) is 2.87. The molecule has 1 N–H and O–H groups in total. The minimum Gasteiger partial charge on any atom is -0.493 e. The molecular formula is C28H22N4O5. The van der Waals surface area contributed by atoms with Crippen LogP contribution in [0.1, 0.15) is 32.4 Å². The molecule has 0 aliphatic carbocycles. The summed E-state index contributed by atoms with van der Waals surface area (Å²) < 4.78 is 10.9. The first-order valence-corrected chi connectivity index (χ1v) is 11.7. The van der Waals surface area contributed by atoms with Crippen molar-refractivity contribution in [1.29, 1.82) is 0 Å². The number of para-hydroxylation sites is 2. The minimum atomic E-state index is -0.818. The van der Waals surface area contributed by atoms with E-state index in [-0.39, 0.29) is 24.1 Å². The number of methoxy groups -OCH3 is 2. The van der Waals surface area contributed by atoms with Crippen molar-refractivity contribution >= 4 is 40.0 Å². The molecule has 1 atom stereocenters. The van der Waals surface area contributed by atoms with Gasteiger partial charge in [-0.2, -0.15) is 0 Å². The number of nitrogens with zero attached hydrogens (tertiary/aromatic N) is 3. The average Bonchev–Trinajstić information content (AvgIpc) is 3.23. The maximum absolute atomic E-state index is 13.8. The molecule has 4 aromatic rings. The highest BCUT2D eigenvalue weighted by molar-refractivity contribution is 6.18. The smallest absolute Gasteiger partial charge is 0.264 e. The van der Waals surface area contributed by atoms with Crippen molar-refractivity contribution in [2.75, 3.05) is 31.0 Å². The monoisotopic (exact) mass is 494 g/mol. The zero-order chi connectivity index (χ0) is 25.7. The van der Waals surface area contributed by atoms with Crippen LogP contribution in [-0.4, -0.2) is 48.4 Å². The molecule has 3 heterocycles. The summed E-state index contributed by atoms with van der Waals surface area (Å²) in [4.78, 5) is 48.1. The van der Waals surface area contributed by atoms with Crippen LogP contribution in [0.25, 0.3) is 10.9 Å². The standard InChI is InChI=1S/C28H22N4O5/c1-36-21-13-12-18-23(25(21)37-2)28(35)32-20-11-4-3-9-17(20)27(34)31(26(18)32)15-22(33)30-19-10-5-7-16-8-6-14-29-24(16)19/h3-14,26H,15H2,1-2H3,(H,30,33)/t26-/m1/s1. The Morgan fingerprint density at radius 3 is 2.57 bits per heavy atom. The highest BCUT2D eigenvalue weighted by Crippen LogP contribution is 2.49. The first-order chi connectivity index (χ1) is 18.0. The van der Waals surface area contributed by atoms with Gasteiger partial charge in [-0.25, -0.2) is 0 Å². The Kier molecular flexibility index (Phi) is 5.26. The summed E-state index contributed by atoms with van der Waals surface area (Å²) in [6, 6.07) is 19.5. The summed E-state index contributed by atoms with van der Waals surface area (Å²) in [5, 5.41) is 3.77. The molecule has 0 radical (unpaired) electrons. The van der Waals surface area contributed by atoms with E-state index >= 15 is 0 Å². The predicted molar refractivity (Wildman–Crippen MR) is 137 cm³/mol. The Hall–Kier alpha value is -4.92. The van der Waals surface area contributed by atoms with Crippen molar-refractivity contribution in [2.24, 2.45) is 0 Å². The second-order valence-corrected chi connectivity index (χ2v) is 8.69. The summed E-state index contributed by atoms with van der Waals surface area (Å²) >= 11 is 0. The molecule has 9 nitrogen and oxygen atoms in total. The molecule has 0 bridgehead atoms. The third-order valence-corrected chi connectivity index (χ3v) is 6.70. The number of carbonyl (C=O) groups excluding carboxylic acids is 3. The Morgan fingerprint density at radius 1 is 0.946 bits per heavy atom. The minimum absolute atomic E-state index is 0.279. The Bertz CT molecular complexity index is 1600. The highest BCUT2D eigenvalue weighted by atomic mass is 16.5. The number of amides is 3. The van der Waals surface area contributed by atoms with Crippen molar-refractivity contribution in [3.8, 4) is 11.5 Å². The number of ether oxygens (including phenoxy) is 2. The van der Waals surface area contributed by atoms with Crippen molar-refractivity contribution in [2.45, 2.75) is 6.17 Å². The van der Waals surface area contributed by atoms with Crippen molar-refractivity contribution < 1.29 is 23.9 Å². The van der Waals surface area contributed by atoms with Gasteiger partial charge in [0, 0.05) is 17.1 Å². The largest absolute Gasteiger partial charge is 0.493 e. The van der Waals surface area contributed by atoms with Crippen molar-refractivity contribution in [3.63, 3.8) is 0 Å². The van der Waals surface area contributed by atoms with Crippen LogP contribution < -0.4 is 19.7 Å². The van der Waals surface area contributed by atoms with E-state index in [2.05, 4.69) is 10.3 Å². The molecule has 3 amide bonds. The zero-order valence-corrected chi connectivity index (χ0v) is 20.1. The Labute approximate surface area is 212 Å². The van der Waals surface area contributed by atoms with Crippen molar-refractivity contribution in [1.82, 2.24) is 9.88 Å². The molecule has 3 aromatic carbocycles. The molecule has 0 spiro atoms. The van der Waals surface area contributed by atoms with Gasteiger partial charge in [0.1, 0.15) is 12.7 Å². The molecule has 9 heteroatoms.